The van der Waals surface area contributed by atoms with Gasteiger partial charge in [0.1, 0.15) is 0 Å². The van der Waals surface area contributed by atoms with E-state index in [-0.39, 0.29) is 18.2 Å². The number of rotatable bonds is 5. The molecule has 1 atom stereocenters. The zero-order valence-corrected chi connectivity index (χ0v) is 10.7. The second-order valence-corrected chi connectivity index (χ2v) is 6.22. The number of hydrogen-bond acceptors (Lipinski definition) is 5. The van der Waals surface area contributed by atoms with Gasteiger partial charge in [-0.1, -0.05) is 0 Å². The van der Waals surface area contributed by atoms with E-state index in [2.05, 4.69) is 0 Å². The van der Waals surface area contributed by atoms with Crippen LogP contribution < -0.4 is 0 Å². The molecule has 0 aliphatic carbocycles. The van der Waals surface area contributed by atoms with Gasteiger partial charge in [-0.05, 0) is 0 Å². The predicted molar refractivity (Wildman–Crippen MR) is 61.4 cm³/mol. The zero-order chi connectivity index (χ0) is 12.2. The van der Waals surface area contributed by atoms with Crippen molar-refractivity contribution in [3.63, 3.8) is 0 Å². The van der Waals surface area contributed by atoms with Crippen LogP contribution >= 0.6 is 7.94 Å². The summed E-state index contributed by atoms with van der Waals surface area (Å²) in [6.45, 7) is 7.72. The van der Waals surface area contributed by atoms with E-state index in [0.717, 1.165) is 0 Å². The Labute approximate surface area is 91.5 Å². The fourth-order valence-corrected chi connectivity index (χ4v) is 2.61. The van der Waals surface area contributed by atoms with Crippen molar-refractivity contribution in [2.75, 3.05) is 6.16 Å². The van der Waals surface area contributed by atoms with Crippen LogP contribution in [0.1, 0.15) is 27.7 Å². The molecule has 0 aliphatic rings. The van der Waals surface area contributed by atoms with Crippen molar-refractivity contribution in [1.29, 1.82) is 5.26 Å². The quantitative estimate of drug-likeness (QED) is 0.604. The predicted octanol–water partition coefficient (Wildman–Crippen LogP) is 0.469. The van der Waals surface area contributed by atoms with Crippen LogP contribution in [0.4, 0.5) is 0 Å². The van der Waals surface area contributed by atoms with E-state index in [4.69, 9.17) is 19.9 Å². The Morgan fingerprint density at radius 3 is 1.73 bits per heavy atom. The summed E-state index contributed by atoms with van der Waals surface area (Å²) >= 11 is 0. The SMILES string of the molecule is CC(C)N(C(C)C)C(C#N)C[PH](O)(O)O. The Morgan fingerprint density at radius 2 is 1.53 bits per heavy atom. The van der Waals surface area contributed by atoms with Crippen LogP contribution in [0.2, 0.25) is 0 Å². The van der Waals surface area contributed by atoms with Crippen LogP contribution in [0, 0.1) is 11.3 Å². The van der Waals surface area contributed by atoms with E-state index in [1.807, 2.05) is 38.7 Å². The van der Waals surface area contributed by atoms with Gasteiger partial charge in [0.05, 0.1) is 0 Å². The molecule has 0 amide bonds. The summed E-state index contributed by atoms with van der Waals surface area (Å²) in [6, 6.07) is 1.58. The summed E-state index contributed by atoms with van der Waals surface area (Å²) in [4.78, 5) is 28.9. The fourth-order valence-electron chi connectivity index (χ4n) is 1.79. The van der Waals surface area contributed by atoms with Gasteiger partial charge < -0.3 is 0 Å². The maximum absolute atomic E-state index is 9.00. The van der Waals surface area contributed by atoms with E-state index in [9.17, 15) is 0 Å². The Hall–Kier alpha value is -0.240. The van der Waals surface area contributed by atoms with Crippen molar-refractivity contribution < 1.29 is 14.7 Å². The molecule has 5 nitrogen and oxygen atoms in total. The van der Waals surface area contributed by atoms with Crippen LogP contribution in [-0.4, -0.2) is 43.9 Å². The molecular formula is C9H21N2O3P. The summed E-state index contributed by atoms with van der Waals surface area (Å²) in [6.07, 6.45) is -0.264. The fraction of sp³-hybridized carbons (Fsp3) is 0.889. The second-order valence-electron chi connectivity index (χ2n) is 4.26. The van der Waals surface area contributed by atoms with Crippen molar-refractivity contribution in [3.05, 3.63) is 0 Å². The average Bonchev–Trinajstić information content (AvgIpc) is 1.98. The zero-order valence-electron chi connectivity index (χ0n) is 9.68. The number of nitriles is 1. The molecule has 0 saturated heterocycles. The first kappa shape index (κ1) is 14.8. The summed E-state index contributed by atoms with van der Waals surface area (Å²) in [5, 5.41) is 8.95. The maximum atomic E-state index is 9.00. The molecular weight excluding hydrogens is 215 g/mol. The Balaban J connectivity index is 4.70. The normalized spacial score (nSPS) is 15.8. The van der Waals surface area contributed by atoms with Crippen LogP contribution in [0.15, 0.2) is 0 Å². The van der Waals surface area contributed by atoms with Gasteiger partial charge in [0, 0.05) is 0 Å². The Morgan fingerprint density at radius 1 is 1.13 bits per heavy atom. The third-order valence-electron chi connectivity index (χ3n) is 2.17. The molecule has 0 aromatic heterocycles. The number of hydrogen-bond donors (Lipinski definition) is 3. The first-order chi connectivity index (χ1) is 6.69. The second kappa shape index (κ2) is 5.74. The van der Waals surface area contributed by atoms with Gasteiger partial charge in [-0.2, -0.15) is 0 Å². The van der Waals surface area contributed by atoms with Gasteiger partial charge in [0.25, 0.3) is 0 Å². The molecule has 0 aromatic rings. The molecule has 0 aliphatic heterocycles. The molecule has 90 valence electrons. The molecule has 1 unspecified atom stereocenters. The van der Waals surface area contributed by atoms with Gasteiger partial charge in [-0.15, -0.1) is 0 Å². The first-order valence-corrected chi connectivity index (χ1v) is 7.08. The van der Waals surface area contributed by atoms with Crippen LogP contribution in [0.3, 0.4) is 0 Å². The van der Waals surface area contributed by atoms with Crippen LogP contribution in [0.5, 0.6) is 0 Å². The average molecular weight is 236 g/mol. The van der Waals surface area contributed by atoms with E-state index in [1.54, 1.807) is 0 Å². The summed E-state index contributed by atoms with van der Waals surface area (Å²) in [7, 11) is -4.16. The molecule has 0 fully saturated rings. The first-order valence-electron chi connectivity index (χ1n) is 5.03. The van der Waals surface area contributed by atoms with E-state index >= 15 is 0 Å². The van der Waals surface area contributed by atoms with Crippen molar-refractivity contribution in [3.8, 4) is 6.07 Å². The molecule has 0 radical (unpaired) electrons. The van der Waals surface area contributed by atoms with Gasteiger partial charge in [-0.25, -0.2) is 0 Å². The Kier molecular flexibility index (Phi) is 5.65. The summed E-state index contributed by atoms with van der Waals surface area (Å²) < 4.78 is 0. The van der Waals surface area contributed by atoms with Gasteiger partial charge in [0.2, 0.25) is 0 Å². The molecule has 0 spiro atoms. The third kappa shape index (κ3) is 5.41. The van der Waals surface area contributed by atoms with Gasteiger partial charge in [-0.3, -0.25) is 0 Å². The molecule has 0 saturated carbocycles. The van der Waals surface area contributed by atoms with Crippen LogP contribution in [0.25, 0.3) is 0 Å². The summed E-state index contributed by atoms with van der Waals surface area (Å²) in [5.41, 5.74) is 0. The van der Waals surface area contributed by atoms with Crippen molar-refractivity contribution in [2.45, 2.75) is 45.8 Å². The Bertz CT molecular complexity index is 224. The number of nitrogens with zero attached hydrogens (tertiary/aromatic N) is 2. The van der Waals surface area contributed by atoms with Crippen LogP contribution in [-0.2, 0) is 0 Å². The molecule has 0 aromatic carbocycles. The van der Waals surface area contributed by atoms with Gasteiger partial charge in [0.15, 0.2) is 0 Å². The topological polar surface area (TPSA) is 87.7 Å². The summed E-state index contributed by atoms with van der Waals surface area (Å²) in [5.74, 6) is 0. The molecule has 6 heteroatoms. The molecule has 15 heavy (non-hydrogen) atoms. The minimum atomic E-state index is -4.16. The molecule has 0 bridgehead atoms. The van der Waals surface area contributed by atoms with E-state index in [0.29, 0.717) is 0 Å². The molecule has 0 rings (SSSR count). The van der Waals surface area contributed by atoms with E-state index < -0.39 is 14.0 Å². The van der Waals surface area contributed by atoms with E-state index in [1.165, 1.54) is 0 Å². The van der Waals surface area contributed by atoms with Crippen molar-refractivity contribution in [2.24, 2.45) is 0 Å². The standard InChI is InChI=1S/C9H21N2O3P/c1-7(2)11(8(3)4)9(5-10)6-15(12,13)14/h7-9,12-15H,6H2,1-4H3. The third-order valence-corrected chi connectivity index (χ3v) is 3.10. The monoisotopic (exact) mass is 236 g/mol. The van der Waals surface area contributed by atoms with Gasteiger partial charge >= 0.3 is 90.8 Å². The van der Waals surface area contributed by atoms with Crippen molar-refractivity contribution >= 4 is 7.94 Å². The molecule has 0 heterocycles. The minimum absolute atomic E-state index is 0.117. The molecule has 3 N–H and O–H groups in total. The van der Waals surface area contributed by atoms with Crippen molar-refractivity contribution in [1.82, 2.24) is 4.90 Å².